The number of nitrogens with one attached hydrogen (secondary N) is 3. The Morgan fingerprint density at radius 1 is 1.06 bits per heavy atom. The number of benzene rings is 1. The van der Waals surface area contributed by atoms with Gasteiger partial charge in [-0.25, -0.2) is 0 Å². The smallest absolute Gasteiger partial charge is 0.277 e. The van der Waals surface area contributed by atoms with E-state index in [0.29, 0.717) is 11.5 Å². The summed E-state index contributed by atoms with van der Waals surface area (Å²) < 4.78 is 0. The Balaban J connectivity index is 1.95. The van der Waals surface area contributed by atoms with Crippen LogP contribution >= 0.6 is 0 Å². The van der Waals surface area contributed by atoms with E-state index >= 15 is 0 Å². The normalized spacial score (nSPS) is 18.5. The van der Waals surface area contributed by atoms with Crippen LogP contribution in [-0.4, -0.2) is 21.3 Å². The van der Waals surface area contributed by atoms with Crippen LogP contribution in [0.2, 0.25) is 0 Å². The maximum Gasteiger partial charge on any atom is 0.277 e. The lowest BCUT2D eigenvalue weighted by atomic mass is 10.1. The Morgan fingerprint density at radius 3 is 2.69 bits per heavy atom. The largest absolute Gasteiger partial charge is 0.343 e. The molecule has 0 spiro atoms. The van der Waals surface area contributed by atoms with Crippen LogP contribution in [0.25, 0.3) is 0 Å². The van der Waals surface area contributed by atoms with Crippen molar-refractivity contribution in [1.82, 2.24) is 20.7 Å². The van der Waals surface area contributed by atoms with Gasteiger partial charge in [-0.05, 0) is 5.56 Å². The van der Waals surface area contributed by atoms with Gasteiger partial charge in [-0.1, -0.05) is 30.3 Å². The first-order valence-corrected chi connectivity index (χ1v) is 4.88. The van der Waals surface area contributed by atoms with E-state index in [0.717, 1.165) is 5.56 Å². The summed E-state index contributed by atoms with van der Waals surface area (Å²) in [5, 5.41) is 15.9. The highest BCUT2D eigenvalue weighted by Gasteiger charge is 2.27. The first-order valence-electron chi connectivity index (χ1n) is 4.88. The Morgan fingerprint density at radius 2 is 1.88 bits per heavy atom. The Kier molecular flexibility index (Phi) is 1.86. The molecule has 80 valence electrons. The quantitative estimate of drug-likeness (QED) is 0.652. The predicted octanol–water partition coefficient (Wildman–Crippen LogP) is 0.659. The third-order valence-electron chi connectivity index (χ3n) is 2.45. The molecule has 1 amide bonds. The van der Waals surface area contributed by atoms with Crippen molar-refractivity contribution >= 4 is 11.7 Å². The number of anilines is 1. The lowest BCUT2D eigenvalue weighted by Gasteiger charge is -2.24. The number of carbonyl (C=O) groups excluding carboxylic acids is 1. The predicted molar refractivity (Wildman–Crippen MR) is 56.7 cm³/mol. The molecule has 6 nitrogen and oxygen atoms in total. The summed E-state index contributed by atoms with van der Waals surface area (Å²) in [6.45, 7) is 0. The van der Waals surface area contributed by atoms with Crippen LogP contribution in [0.1, 0.15) is 22.2 Å². The monoisotopic (exact) mass is 215 g/mol. The number of nitrogens with zero attached hydrogens (tertiary/aromatic N) is 2. The highest BCUT2D eigenvalue weighted by molar-refractivity contribution is 5.98. The SMILES string of the molecule is O=C1NC(c2ccccc2)Nc2n[nH]nc21. The van der Waals surface area contributed by atoms with Crippen molar-refractivity contribution in [3.05, 3.63) is 41.6 Å². The van der Waals surface area contributed by atoms with Crippen LogP contribution in [0.3, 0.4) is 0 Å². The Labute approximate surface area is 91.1 Å². The highest BCUT2D eigenvalue weighted by atomic mass is 16.2. The van der Waals surface area contributed by atoms with Crippen molar-refractivity contribution in [2.75, 3.05) is 5.32 Å². The van der Waals surface area contributed by atoms with E-state index in [1.165, 1.54) is 0 Å². The summed E-state index contributed by atoms with van der Waals surface area (Å²) in [5.41, 5.74) is 1.27. The zero-order valence-corrected chi connectivity index (χ0v) is 8.27. The molecular formula is C10H9N5O. The molecule has 3 N–H and O–H groups in total. The lowest BCUT2D eigenvalue weighted by Crippen LogP contribution is -2.38. The number of fused-ring (bicyclic) bond motifs is 1. The molecule has 0 radical (unpaired) electrons. The number of aromatic amines is 1. The van der Waals surface area contributed by atoms with Crippen molar-refractivity contribution in [3.63, 3.8) is 0 Å². The van der Waals surface area contributed by atoms with Crippen LogP contribution in [0.5, 0.6) is 0 Å². The zero-order chi connectivity index (χ0) is 11.0. The molecular weight excluding hydrogens is 206 g/mol. The molecule has 3 rings (SSSR count). The van der Waals surface area contributed by atoms with Gasteiger partial charge in [0.2, 0.25) is 0 Å². The first kappa shape index (κ1) is 8.90. The second-order valence-electron chi connectivity index (χ2n) is 3.48. The van der Waals surface area contributed by atoms with Crippen LogP contribution in [0.15, 0.2) is 30.3 Å². The van der Waals surface area contributed by atoms with Gasteiger partial charge in [0.15, 0.2) is 11.5 Å². The summed E-state index contributed by atoms with van der Waals surface area (Å²) in [6, 6.07) is 9.63. The maximum atomic E-state index is 11.7. The summed E-state index contributed by atoms with van der Waals surface area (Å²) in [7, 11) is 0. The molecule has 2 aromatic rings. The first-order chi connectivity index (χ1) is 7.84. The summed E-state index contributed by atoms with van der Waals surface area (Å²) in [5.74, 6) is 0.258. The van der Waals surface area contributed by atoms with Crippen molar-refractivity contribution in [1.29, 1.82) is 0 Å². The number of amides is 1. The molecule has 0 saturated heterocycles. The van der Waals surface area contributed by atoms with Gasteiger partial charge in [0.25, 0.3) is 5.91 Å². The fourth-order valence-corrected chi connectivity index (χ4v) is 1.67. The van der Waals surface area contributed by atoms with Crippen LogP contribution < -0.4 is 10.6 Å². The number of aromatic nitrogens is 3. The summed E-state index contributed by atoms with van der Waals surface area (Å²) in [6.07, 6.45) is -0.258. The van der Waals surface area contributed by atoms with E-state index in [1.807, 2.05) is 30.3 Å². The lowest BCUT2D eigenvalue weighted by molar-refractivity contribution is 0.0930. The van der Waals surface area contributed by atoms with Crippen LogP contribution in [0.4, 0.5) is 5.82 Å². The molecule has 1 aromatic carbocycles. The third-order valence-corrected chi connectivity index (χ3v) is 2.45. The zero-order valence-electron chi connectivity index (χ0n) is 8.27. The molecule has 0 fully saturated rings. The van der Waals surface area contributed by atoms with Crippen molar-refractivity contribution < 1.29 is 4.79 Å². The number of carbonyl (C=O) groups is 1. The van der Waals surface area contributed by atoms with Crippen LogP contribution in [-0.2, 0) is 0 Å². The van der Waals surface area contributed by atoms with Gasteiger partial charge in [-0.15, -0.1) is 10.2 Å². The average Bonchev–Trinajstić information content (AvgIpc) is 2.79. The molecule has 6 heteroatoms. The molecule has 0 bridgehead atoms. The van der Waals surface area contributed by atoms with Gasteiger partial charge in [0.1, 0.15) is 6.17 Å². The van der Waals surface area contributed by atoms with Gasteiger partial charge < -0.3 is 10.6 Å². The molecule has 0 saturated carbocycles. The minimum absolute atomic E-state index is 0.226. The minimum atomic E-state index is -0.258. The molecule has 16 heavy (non-hydrogen) atoms. The second-order valence-corrected chi connectivity index (χ2v) is 3.48. The van der Waals surface area contributed by atoms with Gasteiger partial charge >= 0.3 is 0 Å². The summed E-state index contributed by atoms with van der Waals surface area (Å²) in [4.78, 5) is 11.7. The number of hydrogen-bond acceptors (Lipinski definition) is 4. The van der Waals surface area contributed by atoms with Gasteiger partial charge in [-0.2, -0.15) is 5.21 Å². The van der Waals surface area contributed by atoms with E-state index in [9.17, 15) is 4.79 Å². The number of hydrogen-bond donors (Lipinski definition) is 3. The van der Waals surface area contributed by atoms with Gasteiger partial charge in [0.05, 0.1) is 0 Å². The Hall–Kier alpha value is -2.37. The van der Waals surface area contributed by atoms with Gasteiger partial charge in [-0.3, -0.25) is 4.79 Å². The minimum Gasteiger partial charge on any atom is -0.343 e. The molecule has 1 unspecified atom stereocenters. The molecule has 1 aliphatic rings. The van der Waals surface area contributed by atoms with E-state index in [2.05, 4.69) is 26.0 Å². The van der Waals surface area contributed by atoms with Crippen LogP contribution in [0, 0.1) is 0 Å². The standard InChI is InChI=1S/C10H9N5O/c16-10-7-9(14-15-13-7)11-8(12-10)6-4-2-1-3-5-6/h1-5,8H,(H,12,16)(H2,11,13,14,15). The number of H-pyrrole nitrogens is 1. The fourth-order valence-electron chi connectivity index (χ4n) is 1.67. The van der Waals surface area contributed by atoms with Crippen molar-refractivity contribution in [3.8, 4) is 0 Å². The molecule has 2 heterocycles. The van der Waals surface area contributed by atoms with Crippen molar-refractivity contribution in [2.45, 2.75) is 6.17 Å². The molecule has 1 aromatic heterocycles. The van der Waals surface area contributed by atoms with Gasteiger partial charge in [0, 0.05) is 0 Å². The fraction of sp³-hybridized carbons (Fsp3) is 0.100. The van der Waals surface area contributed by atoms with Crippen molar-refractivity contribution in [2.24, 2.45) is 0 Å². The number of rotatable bonds is 1. The average molecular weight is 215 g/mol. The van der Waals surface area contributed by atoms with E-state index in [-0.39, 0.29) is 12.1 Å². The maximum absolute atomic E-state index is 11.7. The topological polar surface area (TPSA) is 82.7 Å². The Bertz CT molecular complexity index is 521. The van der Waals surface area contributed by atoms with E-state index < -0.39 is 0 Å². The molecule has 0 aliphatic carbocycles. The van der Waals surface area contributed by atoms with E-state index in [1.54, 1.807) is 0 Å². The van der Waals surface area contributed by atoms with E-state index in [4.69, 9.17) is 0 Å². The summed E-state index contributed by atoms with van der Waals surface area (Å²) >= 11 is 0. The third kappa shape index (κ3) is 1.31. The molecule has 1 atom stereocenters. The molecule has 1 aliphatic heterocycles. The second kappa shape index (κ2) is 3.34. The highest BCUT2D eigenvalue weighted by Crippen LogP contribution is 2.22.